The molecule has 3 aromatic rings. The summed E-state index contributed by atoms with van der Waals surface area (Å²) < 4.78 is 9.25. The van der Waals surface area contributed by atoms with E-state index in [-0.39, 0.29) is 17.6 Å². The lowest BCUT2D eigenvalue weighted by atomic mass is 9.97. The first kappa shape index (κ1) is 22.8. The number of ether oxygens (including phenoxy) is 1. The highest BCUT2D eigenvalue weighted by molar-refractivity contribution is 7.18. The summed E-state index contributed by atoms with van der Waals surface area (Å²) >= 11 is 1.75. The first-order valence-electron chi connectivity index (χ1n) is 12.1. The second kappa shape index (κ2) is 9.73. The standard InChI is InChI=1S/C27H30N4O2S/c1-18-14-21(19(2)31(18)17-23-6-5-13-33-23)15-22(16-28)27(32)30-11-9-20(10-12-30)26-29-24-7-3-4-8-25(24)34-26/h3-4,7-8,14-15,20,23H,5-6,9-13,17H2,1-2H3/b22-15+. The van der Waals surface area contributed by atoms with Crippen LogP contribution in [0, 0.1) is 25.2 Å². The lowest BCUT2D eigenvalue weighted by Crippen LogP contribution is -2.38. The fourth-order valence-corrected chi connectivity index (χ4v) is 6.25. The first-order chi connectivity index (χ1) is 16.5. The number of fused-ring (bicyclic) bond motifs is 1. The van der Waals surface area contributed by atoms with E-state index in [2.05, 4.69) is 42.7 Å². The second-order valence-corrected chi connectivity index (χ2v) is 10.4. The van der Waals surface area contributed by atoms with Crippen molar-refractivity contribution in [3.8, 4) is 6.07 Å². The predicted octanol–water partition coefficient (Wildman–Crippen LogP) is 5.21. The molecule has 2 aliphatic rings. The lowest BCUT2D eigenvalue weighted by molar-refractivity contribution is -0.127. The summed E-state index contributed by atoms with van der Waals surface area (Å²) in [5.41, 5.74) is 4.39. The molecule has 2 saturated heterocycles. The van der Waals surface area contributed by atoms with Gasteiger partial charge in [0.1, 0.15) is 11.6 Å². The molecule has 0 spiro atoms. The van der Waals surface area contributed by atoms with Crippen molar-refractivity contribution in [2.24, 2.45) is 0 Å². The van der Waals surface area contributed by atoms with Crippen LogP contribution in [0.1, 0.15) is 53.6 Å². The van der Waals surface area contributed by atoms with Gasteiger partial charge in [0.15, 0.2) is 0 Å². The first-order valence-corrected chi connectivity index (χ1v) is 12.9. The van der Waals surface area contributed by atoms with Crippen molar-refractivity contribution in [2.45, 2.75) is 58.1 Å². The number of nitriles is 1. The highest BCUT2D eigenvalue weighted by Crippen LogP contribution is 2.34. The molecule has 2 aromatic heterocycles. The number of carbonyl (C=O) groups is 1. The van der Waals surface area contributed by atoms with Gasteiger partial charge in [-0.3, -0.25) is 4.79 Å². The Kier molecular flexibility index (Phi) is 6.53. The Morgan fingerprint density at radius 3 is 2.76 bits per heavy atom. The van der Waals surface area contributed by atoms with E-state index in [4.69, 9.17) is 9.72 Å². The van der Waals surface area contributed by atoms with Gasteiger partial charge in [0, 0.05) is 43.5 Å². The van der Waals surface area contributed by atoms with E-state index in [0.717, 1.165) is 66.3 Å². The van der Waals surface area contributed by atoms with Gasteiger partial charge in [-0.2, -0.15) is 5.26 Å². The maximum atomic E-state index is 13.2. The number of hydrogen-bond donors (Lipinski definition) is 0. The molecule has 1 atom stereocenters. The molecule has 0 N–H and O–H groups in total. The van der Waals surface area contributed by atoms with Crippen LogP contribution in [0.25, 0.3) is 16.3 Å². The number of amides is 1. The van der Waals surface area contributed by atoms with Gasteiger partial charge in [0.25, 0.3) is 5.91 Å². The van der Waals surface area contributed by atoms with Gasteiger partial charge in [0.05, 0.1) is 21.3 Å². The fourth-order valence-electron chi connectivity index (χ4n) is 5.11. The third-order valence-electron chi connectivity index (χ3n) is 7.12. The number of para-hydroxylation sites is 1. The van der Waals surface area contributed by atoms with Gasteiger partial charge >= 0.3 is 0 Å². The summed E-state index contributed by atoms with van der Waals surface area (Å²) in [6.07, 6.45) is 5.95. The van der Waals surface area contributed by atoms with Crippen molar-refractivity contribution >= 4 is 33.5 Å². The van der Waals surface area contributed by atoms with Crippen LogP contribution < -0.4 is 0 Å². The molecular weight excluding hydrogens is 444 g/mol. The molecule has 0 aliphatic carbocycles. The smallest absolute Gasteiger partial charge is 0.264 e. The van der Waals surface area contributed by atoms with E-state index < -0.39 is 0 Å². The molecule has 2 fully saturated rings. The maximum absolute atomic E-state index is 13.2. The molecular formula is C27H30N4O2S. The quantitative estimate of drug-likeness (QED) is 0.376. The minimum Gasteiger partial charge on any atom is -0.376 e. The Balaban J connectivity index is 1.27. The molecule has 6 nitrogen and oxygen atoms in total. The van der Waals surface area contributed by atoms with Gasteiger partial charge in [0.2, 0.25) is 0 Å². The zero-order valence-electron chi connectivity index (χ0n) is 19.8. The van der Waals surface area contributed by atoms with E-state index >= 15 is 0 Å². The van der Waals surface area contributed by atoms with Gasteiger partial charge < -0.3 is 14.2 Å². The molecule has 1 aromatic carbocycles. The SMILES string of the molecule is Cc1cc(/C=C(\C#N)C(=O)N2CCC(c3nc4ccccc4s3)CC2)c(C)n1CC1CCCO1. The number of rotatable bonds is 5. The molecule has 4 heterocycles. The van der Waals surface area contributed by atoms with Crippen LogP contribution in [0.4, 0.5) is 0 Å². The second-order valence-electron chi connectivity index (χ2n) is 9.33. The van der Waals surface area contributed by atoms with E-state index in [1.807, 2.05) is 17.0 Å². The highest BCUT2D eigenvalue weighted by atomic mass is 32.1. The summed E-state index contributed by atoms with van der Waals surface area (Å²) in [6.45, 7) is 7.07. The molecule has 34 heavy (non-hydrogen) atoms. The fraction of sp³-hybridized carbons (Fsp3) is 0.444. The average Bonchev–Trinajstić information content (AvgIpc) is 3.59. The van der Waals surface area contributed by atoms with E-state index in [0.29, 0.717) is 19.0 Å². The summed E-state index contributed by atoms with van der Waals surface area (Å²) in [7, 11) is 0. The monoisotopic (exact) mass is 474 g/mol. The topological polar surface area (TPSA) is 71.2 Å². The number of aryl methyl sites for hydroxylation is 1. The highest BCUT2D eigenvalue weighted by Gasteiger charge is 2.28. The zero-order valence-corrected chi connectivity index (χ0v) is 20.6. The van der Waals surface area contributed by atoms with Crippen LogP contribution in [0.2, 0.25) is 0 Å². The summed E-state index contributed by atoms with van der Waals surface area (Å²) in [6, 6.07) is 12.4. The zero-order chi connectivity index (χ0) is 23.7. The van der Waals surface area contributed by atoms with Crippen molar-refractivity contribution in [3.05, 3.63) is 57.9 Å². The Labute approximate surface area is 204 Å². The number of piperidine rings is 1. The van der Waals surface area contributed by atoms with Crippen LogP contribution in [0.3, 0.4) is 0 Å². The van der Waals surface area contributed by atoms with Gasteiger partial charge in [-0.1, -0.05) is 12.1 Å². The third kappa shape index (κ3) is 4.53. The lowest BCUT2D eigenvalue weighted by Gasteiger charge is -2.31. The number of aromatic nitrogens is 2. The van der Waals surface area contributed by atoms with Crippen molar-refractivity contribution in [1.82, 2.24) is 14.5 Å². The minimum atomic E-state index is -0.172. The van der Waals surface area contributed by atoms with Crippen LogP contribution >= 0.6 is 11.3 Å². The molecule has 176 valence electrons. The van der Waals surface area contributed by atoms with Crippen LogP contribution in [-0.2, 0) is 16.1 Å². The molecule has 0 radical (unpaired) electrons. The van der Waals surface area contributed by atoms with E-state index in [1.54, 1.807) is 17.4 Å². The minimum absolute atomic E-state index is 0.172. The van der Waals surface area contributed by atoms with Crippen LogP contribution in [0.15, 0.2) is 35.9 Å². The van der Waals surface area contributed by atoms with Gasteiger partial charge in [-0.15, -0.1) is 11.3 Å². The van der Waals surface area contributed by atoms with E-state index in [9.17, 15) is 10.1 Å². The normalized spacial score (nSPS) is 19.6. The van der Waals surface area contributed by atoms with Gasteiger partial charge in [-0.05, 0) is 69.4 Å². The number of nitrogens with zero attached hydrogens (tertiary/aromatic N) is 4. The summed E-state index contributed by atoms with van der Waals surface area (Å²) in [5, 5.41) is 11.0. The number of carbonyl (C=O) groups excluding carboxylic acids is 1. The Morgan fingerprint density at radius 2 is 2.06 bits per heavy atom. The van der Waals surface area contributed by atoms with Crippen LogP contribution in [-0.4, -0.2) is 46.2 Å². The molecule has 1 unspecified atom stereocenters. The third-order valence-corrected chi connectivity index (χ3v) is 8.31. The van der Waals surface area contributed by atoms with Crippen molar-refractivity contribution in [3.63, 3.8) is 0 Å². The Morgan fingerprint density at radius 1 is 1.26 bits per heavy atom. The Bertz CT molecular complexity index is 1230. The Hall–Kier alpha value is -2.95. The predicted molar refractivity (Wildman–Crippen MR) is 135 cm³/mol. The number of likely N-dealkylation sites (tertiary alicyclic amines) is 1. The van der Waals surface area contributed by atoms with E-state index in [1.165, 1.54) is 4.70 Å². The number of benzene rings is 1. The van der Waals surface area contributed by atoms with Crippen LogP contribution in [0.5, 0.6) is 0 Å². The summed E-state index contributed by atoms with van der Waals surface area (Å²) in [4.78, 5) is 19.8. The molecule has 0 bridgehead atoms. The molecule has 7 heteroatoms. The number of thiazole rings is 1. The maximum Gasteiger partial charge on any atom is 0.264 e. The summed E-state index contributed by atoms with van der Waals surface area (Å²) in [5.74, 6) is 0.196. The van der Waals surface area contributed by atoms with Crippen molar-refractivity contribution in [2.75, 3.05) is 19.7 Å². The van der Waals surface area contributed by atoms with Crippen molar-refractivity contribution in [1.29, 1.82) is 5.26 Å². The molecule has 2 aliphatic heterocycles. The molecule has 0 saturated carbocycles. The number of hydrogen-bond acceptors (Lipinski definition) is 5. The van der Waals surface area contributed by atoms with Gasteiger partial charge in [-0.25, -0.2) is 4.98 Å². The largest absolute Gasteiger partial charge is 0.376 e. The molecule has 5 rings (SSSR count). The average molecular weight is 475 g/mol. The van der Waals surface area contributed by atoms with Crippen molar-refractivity contribution < 1.29 is 9.53 Å². The molecule has 1 amide bonds.